The van der Waals surface area contributed by atoms with Gasteiger partial charge in [-0.25, -0.2) is 0 Å². The lowest BCUT2D eigenvalue weighted by atomic mass is 10.0. The molecule has 2 aromatic rings. The molecule has 0 aliphatic carbocycles. The third-order valence-electron chi connectivity index (χ3n) is 3.85. The molecular formula is C18H20BrN3O. The Hall–Kier alpha value is -2.01. The second-order valence-electron chi connectivity index (χ2n) is 5.52. The Kier molecular flexibility index (Phi) is 5.18. The van der Waals surface area contributed by atoms with E-state index in [1.54, 1.807) is 0 Å². The third kappa shape index (κ3) is 4.26. The van der Waals surface area contributed by atoms with Crippen molar-refractivity contribution in [3.63, 3.8) is 0 Å². The molecule has 0 radical (unpaired) electrons. The number of benzene rings is 2. The average Bonchev–Trinajstić information content (AvgIpc) is 2.55. The van der Waals surface area contributed by atoms with Gasteiger partial charge in [-0.1, -0.05) is 46.3 Å². The van der Waals surface area contributed by atoms with Crippen LogP contribution in [-0.2, 0) is 6.42 Å². The van der Waals surface area contributed by atoms with E-state index < -0.39 is 0 Å². The van der Waals surface area contributed by atoms with E-state index in [0.29, 0.717) is 19.1 Å². The molecule has 0 fully saturated rings. The van der Waals surface area contributed by atoms with Crippen LogP contribution in [0.25, 0.3) is 0 Å². The predicted octanol–water partition coefficient (Wildman–Crippen LogP) is 3.42. The number of nitrogens with two attached hydrogens (primary N) is 1. The molecule has 4 nitrogen and oxygen atoms in total. The van der Waals surface area contributed by atoms with Gasteiger partial charge in [-0.2, -0.15) is 0 Å². The summed E-state index contributed by atoms with van der Waals surface area (Å²) in [5.74, 6) is 1.42. The maximum atomic E-state index is 6.04. The van der Waals surface area contributed by atoms with Crippen LogP contribution in [0.3, 0.4) is 0 Å². The third-order valence-corrected chi connectivity index (χ3v) is 4.35. The molecule has 120 valence electrons. The number of fused-ring (bicyclic) bond motifs is 1. The molecule has 3 rings (SSSR count). The number of halogens is 1. The number of guanidine groups is 1. The van der Waals surface area contributed by atoms with Crippen molar-refractivity contribution in [2.45, 2.75) is 18.9 Å². The number of nitrogens with zero attached hydrogens (tertiary/aromatic N) is 1. The lowest BCUT2D eigenvalue weighted by Crippen LogP contribution is -2.37. The molecular weight excluding hydrogens is 354 g/mol. The lowest BCUT2D eigenvalue weighted by Gasteiger charge is -2.26. The maximum Gasteiger partial charge on any atom is 0.189 e. The summed E-state index contributed by atoms with van der Waals surface area (Å²) in [6, 6.07) is 16.5. The van der Waals surface area contributed by atoms with E-state index >= 15 is 0 Å². The van der Waals surface area contributed by atoms with E-state index in [2.05, 4.69) is 44.4 Å². The maximum absolute atomic E-state index is 6.04. The zero-order valence-corrected chi connectivity index (χ0v) is 14.4. The molecule has 1 aliphatic heterocycles. The minimum atomic E-state index is 0.162. The Morgan fingerprint density at radius 1 is 1.26 bits per heavy atom. The highest BCUT2D eigenvalue weighted by Gasteiger charge is 2.21. The van der Waals surface area contributed by atoms with Gasteiger partial charge in [0.2, 0.25) is 0 Å². The van der Waals surface area contributed by atoms with Crippen molar-refractivity contribution in [1.29, 1.82) is 0 Å². The number of nitrogens with one attached hydrogen (secondary N) is 1. The van der Waals surface area contributed by atoms with E-state index in [1.807, 2.05) is 30.3 Å². The first-order valence-corrected chi connectivity index (χ1v) is 8.54. The molecule has 0 amide bonds. The van der Waals surface area contributed by atoms with Gasteiger partial charge in [-0.3, -0.25) is 4.99 Å². The number of rotatable bonds is 4. The van der Waals surface area contributed by atoms with Crippen molar-refractivity contribution in [2.24, 2.45) is 10.7 Å². The molecule has 0 spiro atoms. The number of ether oxygens (including phenoxy) is 1. The Balaban J connectivity index is 1.58. The molecule has 0 aromatic heterocycles. The van der Waals surface area contributed by atoms with Crippen LogP contribution in [0.15, 0.2) is 58.0 Å². The van der Waals surface area contributed by atoms with Gasteiger partial charge < -0.3 is 15.8 Å². The van der Waals surface area contributed by atoms with Crippen LogP contribution in [0, 0.1) is 0 Å². The molecule has 23 heavy (non-hydrogen) atoms. The highest BCUT2D eigenvalue weighted by molar-refractivity contribution is 9.10. The summed E-state index contributed by atoms with van der Waals surface area (Å²) in [6.07, 6.45) is 1.76. The fourth-order valence-electron chi connectivity index (χ4n) is 2.71. The molecule has 1 heterocycles. The summed E-state index contributed by atoms with van der Waals surface area (Å²) in [4.78, 5) is 4.44. The van der Waals surface area contributed by atoms with Crippen molar-refractivity contribution in [3.8, 4) is 5.75 Å². The van der Waals surface area contributed by atoms with Crippen LogP contribution in [0.5, 0.6) is 5.75 Å². The number of hydrogen-bond donors (Lipinski definition) is 2. The van der Waals surface area contributed by atoms with Crippen molar-refractivity contribution < 1.29 is 4.74 Å². The van der Waals surface area contributed by atoms with Crippen molar-refractivity contribution in [2.75, 3.05) is 13.2 Å². The second kappa shape index (κ2) is 7.51. The molecule has 3 N–H and O–H groups in total. The molecule has 1 aliphatic rings. The van der Waals surface area contributed by atoms with Gasteiger partial charge >= 0.3 is 0 Å². The van der Waals surface area contributed by atoms with E-state index in [9.17, 15) is 0 Å². The summed E-state index contributed by atoms with van der Waals surface area (Å²) in [7, 11) is 0. The molecule has 0 saturated carbocycles. The van der Waals surface area contributed by atoms with E-state index in [-0.39, 0.29) is 6.04 Å². The summed E-state index contributed by atoms with van der Waals surface area (Å²) in [6.45, 7) is 1.36. The minimum Gasteiger partial charge on any atom is -0.493 e. The van der Waals surface area contributed by atoms with Crippen LogP contribution in [0.1, 0.15) is 23.6 Å². The summed E-state index contributed by atoms with van der Waals surface area (Å²) in [5, 5.41) is 3.31. The average molecular weight is 374 g/mol. The highest BCUT2D eigenvalue weighted by Crippen LogP contribution is 2.31. The summed E-state index contributed by atoms with van der Waals surface area (Å²) in [5.41, 5.74) is 8.43. The second-order valence-corrected chi connectivity index (χ2v) is 6.43. The molecule has 1 atom stereocenters. The Bertz CT molecular complexity index is 702. The van der Waals surface area contributed by atoms with Gasteiger partial charge in [0.05, 0.1) is 12.6 Å². The zero-order valence-electron chi connectivity index (χ0n) is 12.8. The van der Waals surface area contributed by atoms with E-state index in [1.165, 1.54) is 5.56 Å². The largest absolute Gasteiger partial charge is 0.493 e. The Labute approximate surface area is 144 Å². The van der Waals surface area contributed by atoms with Crippen LogP contribution in [-0.4, -0.2) is 19.1 Å². The monoisotopic (exact) mass is 373 g/mol. The van der Waals surface area contributed by atoms with Gasteiger partial charge in [-0.05, 0) is 30.2 Å². The highest BCUT2D eigenvalue weighted by atomic mass is 79.9. The zero-order chi connectivity index (χ0) is 16.1. The van der Waals surface area contributed by atoms with Crippen molar-refractivity contribution in [3.05, 3.63) is 64.1 Å². The summed E-state index contributed by atoms with van der Waals surface area (Å²) < 4.78 is 6.75. The predicted molar refractivity (Wildman–Crippen MR) is 96.8 cm³/mol. The van der Waals surface area contributed by atoms with Crippen LogP contribution >= 0.6 is 15.9 Å². The van der Waals surface area contributed by atoms with Gasteiger partial charge in [0, 0.05) is 23.0 Å². The van der Waals surface area contributed by atoms with Crippen molar-refractivity contribution >= 4 is 21.9 Å². The van der Waals surface area contributed by atoms with Crippen molar-refractivity contribution in [1.82, 2.24) is 5.32 Å². The van der Waals surface area contributed by atoms with Gasteiger partial charge in [-0.15, -0.1) is 0 Å². The smallest absolute Gasteiger partial charge is 0.189 e. The molecule has 1 unspecified atom stereocenters. The van der Waals surface area contributed by atoms with Gasteiger partial charge in [0.25, 0.3) is 0 Å². The first-order chi connectivity index (χ1) is 11.2. The van der Waals surface area contributed by atoms with Gasteiger partial charge in [0.1, 0.15) is 5.75 Å². The Morgan fingerprint density at radius 3 is 3.00 bits per heavy atom. The SMILES string of the molecule is NC(=NCCc1cccc(Br)c1)NC1CCOc2ccccc21. The summed E-state index contributed by atoms with van der Waals surface area (Å²) >= 11 is 3.48. The normalized spacial score (nSPS) is 17.3. The Morgan fingerprint density at radius 2 is 2.13 bits per heavy atom. The van der Waals surface area contributed by atoms with E-state index in [4.69, 9.17) is 10.5 Å². The topological polar surface area (TPSA) is 59.6 Å². The molecule has 2 aromatic carbocycles. The number of aliphatic imine (C=N–C) groups is 1. The standard InChI is InChI=1S/C18H20BrN3O/c19-14-5-3-4-13(12-14)8-10-21-18(20)22-16-9-11-23-17-7-2-1-6-15(16)17/h1-7,12,16H,8-11H2,(H3,20,21,22). The lowest BCUT2D eigenvalue weighted by molar-refractivity contribution is 0.262. The minimum absolute atomic E-state index is 0.162. The number of para-hydroxylation sites is 1. The first-order valence-electron chi connectivity index (χ1n) is 7.75. The van der Waals surface area contributed by atoms with Crippen LogP contribution in [0.2, 0.25) is 0 Å². The quantitative estimate of drug-likeness (QED) is 0.637. The number of hydrogen-bond acceptors (Lipinski definition) is 2. The fraction of sp³-hybridized carbons (Fsp3) is 0.278. The van der Waals surface area contributed by atoms with Crippen LogP contribution in [0.4, 0.5) is 0 Å². The molecule has 0 saturated heterocycles. The molecule has 5 heteroatoms. The van der Waals surface area contributed by atoms with Crippen LogP contribution < -0.4 is 15.8 Å². The first kappa shape index (κ1) is 15.9. The molecule has 0 bridgehead atoms. The fourth-order valence-corrected chi connectivity index (χ4v) is 3.16. The van der Waals surface area contributed by atoms with Gasteiger partial charge in [0.15, 0.2) is 5.96 Å². The van der Waals surface area contributed by atoms with E-state index in [0.717, 1.165) is 28.6 Å².